The summed E-state index contributed by atoms with van der Waals surface area (Å²) in [6.07, 6.45) is 6.77. The van der Waals surface area contributed by atoms with Gasteiger partial charge in [0.05, 0.1) is 12.2 Å². The van der Waals surface area contributed by atoms with Gasteiger partial charge in [-0.25, -0.2) is 0 Å². The number of hydrogen-bond donors (Lipinski definition) is 1. The molecule has 2 N–H and O–H groups in total. The third-order valence-electron chi connectivity index (χ3n) is 4.23. The molecule has 7 heteroatoms. The fourth-order valence-electron chi connectivity index (χ4n) is 2.94. The van der Waals surface area contributed by atoms with Crippen molar-refractivity contribution in [3.63, 3.8) is 0 Å². The summed E-state index contributed by atoms with van der Waals surface area (Å²) in [7, 11) is 0. The summed E-state index contributed by atoms with van der Waals surface area (Å²) in [4.78, 5) is 16.7. The number of halogens is 1. The van der Waals surface area contributed by atoms with Gasteiger partial charge in [-0.15, -0.1) is 12.4 Å². The van der Waals surface area contributed by atoms with Crippen molar-refractivity contribution >= 4 is 18.3 Å². The Morgan fingerprint density at radius 2 is 2.09 bits per heavy atom. The number of hydrogen-bond acceptors (Lipinski definition) is 4. The fraction of sp³-hybridized carbons (Fsp3) is 0.750. The van der Waals surface area contributed by atoms with E-state index < -0.39 is 0 Å². The molecule has 0 bridgehead atoms. The van der Waals surface area contributed by atoms with E-state index in [0.29, 0.717) is 0 Å². The van der Waals surface area contributed by atoms with Crippen LogP contribution in [0.15, 0.2) is 12.4 Å². The predicted octanol–water partition coefficient (Wildman–Crippen LogP) is 1.49. The maximum atomic E-state index is 12.3. The van der Waals surface area contributed by atoms with E-state index in [0.717, 1.165) is 58.5 Å². The van der Waals surface area contributed by atoms with Crippen LogP contribution < -0.4 is 5.73 Å². The second-order valence-corrected chi connectivity index (χ2v) is 6.05. The first kappa shape index (κ1) is 19.9. The summed E-state index contributed by atoms with van der Waals surface area (Å²) < 4.78 is 1.95. The maximum Gasteiger partial charge on any atom is 0.239 e. The normalized spacial score (nSPS) is 17.4. The molecule has 1 amide bonds. The van der Waals surface area contributed by atoms with Crippen LogP contribution in [-0.4, -0.2) is 57.7 Å². The number of nitrogens with two attached hydrogens (primary N) is 1. The minimum Gasteiger partial charge on any atom is -0.340 e. The van der Waals surface area contributed by atoms with Gasteiger partial charge in [0.25, 0.3) is 0 Å². The largest absolute Gasteiger partial charge is 0.340 e. The van der Waals surface area contributed by atoms with Gasteiger partial charge in [-0.2, -0.15) is 5.10 Å². The minimum absolute atomic E-state index is 0. The van der Waals surface area contributed by atoms with Crippen molar-refractivity contribution in [2.24, 2.45) is 5.73 Å². The minimum atomic E-state index is -0.334. The Kier molecular flexibility index (Phi) is 8.58. The number of carbonyl (C=O) groups excluding carboxylic acids is 1. The lowest BCUT2D eigenvalue weighted by atomic mass is 10.1. The van der Waals surface area contributed by atoms with Gasteiger partial charge >= 0.3 is 0 Å². The van der Waals surface area contributed by atoms with Gasteiger partial charge in [0, 0.05) is 51.0 Å². The zero-order valence-electron chi connectivity index (χ0n) is 14.3. The molecule has 132 valence electrons. The summed E-state index contributed by atoms with van der Waals surface area (Å²) in [5.74, 6) is 0.113. The number of nitrogens with zero attached hydrogens (tertiary/aromatic N) is 4. The number of carbonyl (C=O) groups is 1. The molecule has 0 aromatic carbocycles. The highest BCUT2D eigenvalue weighted by Crippen LogP contribution is 2.10. The number of rotatable bonds is 6. The standard InChI is InChI=1S/C16H29N5O.ClH/c1-3-6-15(17)16(22)20-8-5-7-19(9-10-20)12-14-11-18-21(4-2)13-14;/h11,13,15H,3-10,12,17H2,1-2H3;1H. The van der Waals surface area contributed by atoms with Crippen LogP contribution in [0.1, 0.15) is 38.7 Å². The molecule has 0 aliphatic carbocycles. The lowest BCUT2D eigenvalue weighted by Gasteiger charge is -2.24. The van der Waals surface area contributed by atoms with Gasteiger partial charge < -0.3 is 10.6 Å². The molecular weight excluding hydrogens is 314 g/mol. The fourth-order valence-corrected chi connectivity index (χ4v) is 2.94. The van der Waals surface area contributed by atoms with Gasteiger partial charge in [0.15, 0.2) is 0 Å². The van der Waals surface area contributed by atoms with Gasteiger partial charge in [0.2, 0.25) is 5.91 Å². The molecular formula is C16H30ClN5O. The third-order valence-corrected chi connectivity index (χ3v) is 4.23. The Morgan fingerprint density at radius 3 is 2.74 bits per heavy atom. The SMILES string of the molecule is CCCC(N)C(=O)N1CCCN(Cc2cnn(CC)c2)CC1.Cl. The molecule has 6 nitrogen and oxygen atoms in total. The number of aryl methyl sites for hydroxylation is 1. The molecule has 2 heterocycles. The maximum absolute atomic E-state index is 12.3. The monoisotopic (exact) mass is 343 g/mol. The molecule has 1 aliphatic rings. The molecule has 0 spiro atoms. The van der Waals surface area contributed by atoms with Gasteiger partial charge in [0.1, 0.15) is 0 Å². The van der Waals surface area contributed by atoms with Crippen molar-refractivity contribution in [1.82, 2.24) is 19.6 Å². The van der Waals surface area contributed by atoms with Crippen LogP contribution in [0.3, 0.4) is 0 Å². The lowest BCUT2D eigenvalue weighted by molar-refractivity contribution is -0.132. The first-order valence-corrected chi connectivity index (χ1v) is 8.42. The number of aromatic nitrogens is 2. The van der Waals surface area contributed by atoms with E-state index in [1.165, 1.54) is 5.56 Å². The Hall–Kier alpha value is -1.11. The predicted molar refractivity (Wildman–Crippen MR) is 94.5 cm³/mol. The second kappa shape index (κ2) is 9.90. The molecule has 1 fully saturated rings. The van der Waals surface area contributed by atoms with E-state index in [4.69, 9.17) is 5.73 Å². The van der Waals surface area contributed by atoms with Crippen molar-refractivity contribution in [2.75, 3.05) is 26.2 Å². The summed E-state index contributed by atoms with van der Waals surface area (Å²) in [6.45, 7) is 9.48. The zero-order chi connectivity index (χ0) is 15.9. The van der Waals surface area contributed by atoms with E-state index in [9.17, 15) is 4.79 Å². The summed E-state index contributed by atoms with van der Waals surface area (Å²) in [5, 5.41) is 4.32. The van der Waals surface area contributed by atoms with Gasteiger partial charge in [-0.3, -0.25) is 14.4 Å². The first-order valence-electron chi connectivity index (χ1n) is 8.42. The summed E-state index contributed by atoms with van der Waals surface area (Å²) in [6, 6.07) is -0.334. The quantitative estimate of drug-likeness (QED) is 0.849. The number of amides is 1. The Bertz CT molecular complexity index is 479. The van der Waals surface area contributed by atoms with Crippen LogP contribution in [0.4, 0.5) is 0 Å². The molecule has 1 aromatic heterocycles. The molecule has 1 unspecified atom stereocenters. The highest BCUT2D eigenvalue weighted by atomic mass is 35.5. The highest BCUT2D eigenvalue weighted by Gasteiger charge is 2.23. The highest BCUT2D eigenvalue weighted by molar-refractivity contribution is 5.85. The summed E-state index contributed by atoms with van der Waals surface area (Å²) >= 11 is 0. The third kappa shape index (κ3) is 5.79. The van der Waals surface area contributed by atoms with Crippen LogP contribution in [0.2, 0.25) is 0 Å². The molecule has 0 saturated carbocycles. The van der Waals surface area contributed by atoms with Gasteiger partial charge in [-0.1, -0.05) is 13.3 Å². The second-order valence-electron chi connectivity index (χ2n) is 6.05. The molecule has 0 radical (unpaired) electrons. The topological polar surface area (TPSA) is 67.4 Å². The first-order chi connectivity index (χ1) is 10.6. The van der Waals surface area contributed by atoms with Crippen LogP contribution in [0, 0.1) is 0 Å². The van der Waals surface area contributed by atoms with Crippen molar-refractivity contribution < 1.29 is 4.79 Å². The average molecular weight is 344 g/mol. The molecule has 1 atom stereocenters. The van der Waals surface area contributed by atoms with E-state index in [2.05, 4.69) is 30.0 Å². The van der Waals surface area contributed by atoms with Crippen molar-refractivity contribution in [2.45, 2.75) is 52.2 Å². The van der Waals surface area contributed by atoms with Crippen LogP contribution in [0.25, 0.3) is 0 Å². The van der Waals surface area contributed by atoms with Crippen molar-refractivity contribution in [3.8, 4) is 0 Å². The molecule has 1 aliphatic heterocycles. The Labute approximate surface area is 145 Å². The average Bonchev–Trinajstić information content (AvgIpc) is 2.84. The molecule has 23 heavy (non-hydrogen) atoms. The molecule has 2 rings (SSSR count). The zero-order valence-corrected chi connectivity index (χ0v) is 15.1. The Balaban J connectivity index is 0.00000264. The van der Waals surface area contributed by atoms with Gasteiger partial charge in [-0.05, 0) is 19.8 Å². The van der Waals surface area contributed by atoms with Crippen molar-refractivity contribution in [3.05, 3.63) is 18.0 Å². The molecule has 1 aromatic rings. The van der Waals surface area contributed by atoms with Crippen LogP contribution in [-0.2, 0) is 17.9 Å². The van der Waals surface area contributed by atoms with Crippen LogP contribution in [0.5, 0.6) is 0 Å². The van der Waals surface area contributed by atoms with E-state index >= 15 is 0 Å². The van der Waals surface area contributed by atoms with E-state index in [1.807, 2.05) is 15.8 Å². The Morgan fingerprint density at radius 1 is 1.30 bits per heavy atom. The van der Waals surface area contributed by atoms with E-state index in [-0.39, 0.29) is 24.4 Å². The van der Waals surface area contributed by atoms with E-state index in [1.54, 1.807) is 0 Å². The lowest BCUT2D eigenvalue weighted by Crippen LogP contribution is -2.45. The van der Waals surface area contributed by atoms with Crippen LogP contribution >= 0.6 is 12.4 Å². The summed E-state index contributed by atoms with van der Waals surface area (Å²) in [5.41, 5.74) is 7.21. The van der Waals surface area contributed by atoms with Crippen molar-refractivity contribution in [1.29, 1.82) is 0 Å². The smallest absolute Gasteiger partial charge is 0.239 e. The molecule has 1 saturated heterocycles.